The lowest BCUT2D eigenvalue weighted by atomic mass is 10.2. The monoisotopic (exact) mass is 140 g/mol. The van der Waals surface area contributed by atoms with Crippen LogP contribution in [0.2, 0.25) is 0 Å². The van der Waals surface area contributed by atoms with Gasteiger partial charge >= 0.3 is 0 Å². The highest BCUT2D eigenvalue weighted by atomic mass is 14.9. The molecule has 58 valence electrons. The molecular formula is C8H16N2. The Hall–Kier alpha value is -0.520. The summed E-state index contributed by atoms with van der Waals surface area (Å²) in [6.07, 6.45) is 5.89. The molecule has 0 rings (SSSR count). The van der Waals surface area contributed by atoms with Gasteiger partial charge in [0.25, 0.3) is 0 Å². The van der Waals surface area contributed by atoms with Crippen LogP contribution in [-0.4, -0.2) is 18.6 Å². The zero-order valence-corrected chi connectivity index (χ0v) is 6.72. The van der Waals surface area contributed by atoms with E-state index in [-0.39, 0.29) is 0 Å². The third kappa shape index (κ3) is 4.37. The second-order valence-electron chi connectivity index (χ2n) is 2.61. The van der Waals surface area contributed by atoms with Crippen LogP contribution in [0.1, 0.15) is 20.3 Å². The van der Waals surface area contributed by atoms with E-state index < -0.39 is 0 Å². The molecule has 2 atom stereocenters. The van der Waals surface area contributed by atoms with Gasteiger partial charge in [0, 0.05) is 25.0 Å². The molecule has 0 amide bonds. The van der Waals surface area contributed by atoms with Crippen molar-refractivity contribution in [3.05, 3.63) is 0 Å². The first-order chi connectivity index (χ1) is 4.70. The number of nitrogens with two attached hydrogens (primary N) is 1. The van der Waals surface area contributed by atoms with Crippen molar-refractivity contribution in [3.63, 3.8) is 0 Å². The molecule has 0 aliphatic heterocycles. The lowest BCUT2D eigenvalue weighted by Gasteiger charge is -2.15. The zero-order chi connectivity index (χ0) is 7.98. The summed E-state index contributed by atoms with van der Waals surface area (Å²) < 4.78 is 0. The second kappa shape index (κ2) is 5.28. The maximum atomic E-state index is 5.40. The van der Waals surface area contributed by atoms with Gasteiger partial charge < -0.3 is 11.1 Å². The van der Waals surface area contributed by atoms with Crippen molar-refractivity contribution in [1.29, 1.82) is 0 Å². The molecule has 0 saturated carbocycles. The quantitative estimate of drug-likeness (QED) is 0.552. The van der Waals surface area contributed by atoms with Crippen LogP contribution in [0.25, 0.3) is 0 Å². The SMILES string of the molecule is C#CCC(C)NC(C)CN. The van der Waals surface area contributed by atoms with Crippen molar-refractivity contribution < 1.29 is 0 Å². The van der Waals surface area contributed by atoms with Crippen molar-refractivity contribution in [2.24, 2.45) is 5.73 Å². The zero-order valence-electron chi connectivity index (χ0n) is 6.72. The number of terminal acetylenes is 1. The van der Waals surface area contributed by atoms with Crippen LogP contribution in [-0.2, 0) is 0 Å². The Morgan fingerprint density at radius 2 is 2.10 bits per heavy atom. The van der Waals surface area contributed by atoms with Crippen molar-refractivity contribution in [3.8, 4) is 12.3 Å². The van der Waals surface area contributed by atoms with Gasteiger partial charge in [0.15, 0.2) is 0 Å². The average molecular weight is 140 g/mol. The van der Waals surface area contributed by atoms with Crippen LogP contribution in [0.4, 0.5) is 0 Å². The molecule has 0 aliphatic rings. The largest absolute Gasteiger partial charge is 0.329 e. The first-order valence-corrected chi connectivity index (χ1v) is 3.60. The Kier molecular flexibility index (Phi) is 5.00. The summed E-state index contributed by atoms with van der Waals surface area (Å²) in [5.74, 6) is 2.59. The van der Waals surface area contributed by atoms with Gasteiger partial charge in [0.1, 0.15) is 0 Å². The molecule has 0 spiro atoms. The van der Waals surface area contributed by atoms with Crippen LogP contribution in [0.15, 0.2) is 0 Å². The van der Waals surface area contributed by atoms with E-state index in [9.17, 15) is 0 Å². The summed E-state index contributed by atoms with van der Waals surface area (Å²) in [5.41, 5.74) is 5.40. The highest BCUT2D eigenvalue weighted by Crippen LogP contribution is 1.89. The first-order valence-electron chi connectivity index (χ1n) is 3.60. The Balaban J connectivity index is 3.38. The Morgan fingerprint density at radius 1 is 1.50 bits per heavy atom. The third-order valence-electron chi connectivity index (χ3n) is 1.35. The Morgan fingerprint density at radius 3 is 2.50 bits per heavy atom. The molecule has 0 saturated heterocycles. The minimum atomic E-state index is 0.364. The summed E-state index contributed by atoms with van der Waals surface area (Å²) in [5, 5.41) is 3.26. The lowest BCUT2D eigenvalue weighted by molar-refractivity contribution is 0.478. The predicted molar refractivity (Wildman–Crippen MR) is 44.6 cm³/mol. The Labute approximate surface area is 63.2 Å². The van der Waals surface area contributed by atoms with Crippen LogP contribution in [0.3, 0.4) is 0 Å². The van der Waals surface area contributed by atoms with Crippen molar-refractivity contribution >= 4 is 0 Å². The molecule has 3 N–H and O–H groups in total. The van der Waals surface area contributed by atoms with E-state index in [2.05, 4.69) is 18.2 Å². The fourth-order valence-corrected chi connectivity index (χ4v) is 0.789. The molecule has 0 aliphatic carbocycles. The van der Waals surface area contributed by atoms with E-state index in [1.54, 1.807) is 0 Å². The van der Waals surface area contributed by atoms with Crippen molar-refractivity contribution in [2.45, 2.75) is 32.4 Å². The Bertz CT molecular complexity index is 115. The van der Waals surface area contributed by atoms with Crippen LogP contribution < -0.4 is 11.1 Å². The maximum Gasteiger partial charge on any atom is 0.0238 e. The molecule has 0 bridgehead atoms. The van der Waals surface area contributed by atoms with Gasteiger partial charge in [-0.05, 0) is 13.8 Å². The maximum absolute atomic E-state index is 5.40. The number of rotatable bonds is 4. The van der Waals surface area contributed by atoms with E-state index in [0.717, 1.165) is 6.42 Å². The van der Waals surface area contributed by atoms with E-state index in [4.69, 9.17) is 12.2 Å². The highest BCUT2D eigenvalue weighted by Gasteiger charge is 2.02. The molecule has 0 radical (unpaired) electrons. The molecule has 10 heavy (non-hydrogen) atoms. The fourth-order valence-electron chi connectivity index (χ4n) is 0.789. The van der Waals surface area contributed by atoms with Crippen molar-refractivity contribution in [2.75, 3.05) is 6.54 Å². The minimum absolute atomic E-state index is 0.364. The standard InChI is InChI=1S/C8H16N2/c1-4-5-7(2)10-8(3)6-9/h1,7-8,10H,5-6,9H2,2-3H3. The molecule has 0 heterocycles. The predicted octanol–water partition coefficient (Wildman–Crippen LogP) is 0.335. The van der Waals surface area contributed by atoms with Gasteiger partial charge in [-0.2, -0.15) is 0 Å². The van der Waals surface area contributed by atoms with Gasteiger partial charge in [-0.1, -0.05) is 0 Å². The van der Waals surface area contributed by atoms with E-state index >= 15 is 0 Å². The van der Waals surface area contributed by atoms with Crippen LogP contribution in [0.5, 0.6) is 0 Å². The molecule has 2 nitrogen and oxygen atoms in total. The van der Waals surface area contributed by atoms with Gasteiger partial charge in [-0.25, -0.2) is 0 Å². The molecule has 2 heteroatoms. The number of nitrogens with one attached hydrogen (secondary N) is 1. The smallest absolute Gasteiger partial charge is 0.0238 e. The molecule has 0 aromatic heterocycles. The number of hydrogen-bond acceptors (Lipinski definition) is 2. The van der Waals surface area contributed by atoms with Gasteiger partial charge in [0.2, 0.25) is 0 Å². The molecular weight excluding hydrogens is 124 g/mol. The summed E-state index contributed by atoms with van der Waals surface area (Å²) in [6, 6.07) is 0.742. The molecule has 0 fully saturated rings. The van der Waals surface area contributed by atoms with Crippen molar-refractivity contribution in [1.82, 2.24) is 5.32 Å². The first kappa shape index (κ1) is 9.48. The van der Waals surface area contributed by atoms with E-state index in [1.807, 2.05) is 6.92 Å². The van der Waals surface area contributed by atoms with Gasteiger partial charge in [-0.3, -0.25) is 0 Å². The topological polar surface area (TPSA) is 38.0 Å². The molecule has 2 unspecified atom stereocenters. The average Bonchev–Trinajstić information content (AvgIpc) is 1.88. The highest BCUT2D eigenvalue weighted by molar-refractivity contribution is 4.88. The lowest BCUT2D eigenvalue weighted by Crippen LogP contribution is -2.39. The van der Waals surface area contributed by atoms with Gasteiger partial charge in [0.05, 0.1) is 0 Å². The summed E-state index contributed by atoms with van der Waals surface area (Å²) in [6.45, 7) is 4.77. The third-order valence-corrected chi connectivity index (χ3v) is 1.35. The summed E-state index contributed by atoms with van der Waals surface area (Å²) >= 11 is 0. The number of hydrogen-bond donors (Lipinski definition) is 2. The minimum Gasteiger partial charge on any atom is -0.329 e. The fraction of sp³-hybridized carbons (Fsp3) is 0.750. The summed E-state index contributed by atoms with van der Waals surface area (Å²) in [4.78, 5) is 0. The van der Waals surface area contributed by atoms with E-state index in [1.165, 1.54) is 0 Å². The van der Waals surface area contributed by atoms with Crippen LogP contribution >= 0.6 is 0 Å². The molecule has 0 aromatic carbocycles. The van der Waals surface area contributed by atoms with E-state index in [0.29, 0.717) is 18.6 Å². The summed E-state index contributed by atoms with van der Waals surface area (Å²) in [7, 11) is 0. The second-order valence-corrected chi connectivity index (χ2v) is 2.61. The van der Waals surface area contributed by atoms with Crippen LogP contribution in [0, 0.1) is 12.3 Å². The van der Waals surface area contributed by atoms with Gasteiger partial charge in [-0.15, -0.1) is 12.3 Å². The molecule has 0 aromatic rings. The normalized spacial score (nSPS) is 15.8.